The Morgan fingerprint density at radius 1 is 1.29 bits per heavy atom. The maximum atomic E-state index is 12.6. The van der Waals surface area contributed by atoms with E-state index in [0.29, 0.717) is 5.56 Å². The number of amides is 2. The van der Waals surface area contributed by atoms with Crippen molar-refractivity contribution in [3.63, 3.8) is 0 Å². The van der Waals surface area contributed by atoms with Crippen molar-refractivity contribution in [1.29, 1.82) is 0 Å². The smallest absolute Gasteiger partial charge is 0.268 e. The van der Waals surface area contributed by atoms with Crippen LogP contribution in [0.4, 0.5) is 0 Å². The lowest BCUT2D eigenvalue weighted by molar-refractivity contribution is -0.122. The van der Waals surface area contributed by atoms with Gasteiger partial charge in [-0.3, -0.25) is 15.0 Å². The minimum atomic E-state index is -0.517. The molecular formula is C17H24N2O2. The van der Waals surface area contributed by atoms with Crippen molar-refractivity contribution in [2.45, 2.75) is 46.6 Å². The van der Waals surface area contributed by atoms with Gasteiger partial charge in [0.05, 0.1) is 5.54 Å². The standard InChI is InChI=1S/C17H24N2O2/c1-6-7-11-15(20)18-19(17(3,4)5)16(21)14-10-8-9-13(2)12-14/h7-12H,6H2,1-5H3,(H,18,20). The number of carbonyl (C=O) groups is 2. The van der Waals surface area contributed by atoms with Gasteiger partial charge in [-0.25, -0.2) is 5.01 Å². The van der Waals surface area contributed by atoms with Crippen LogP contribution in [-0.2, 0) is 4.79 Å². The number of nitrogens with one attached hydrogen (secondary N) is 1. The average Bonchev–Trinajstić information content (AvgIpc) is 2.40. The third-order valence-electron chi connectivity index (χ3n) is 2.87. The van der Waals surface area contributed by atoms with Gasteiger partial charge in [0.15, 0.2) is 0 Å². The van der Waals surface area contributed by atoms with E-state index in [0.717, 1.165) is 12.0 Å². The van der Waals surface area contributed by atoms with E-state index < -0.39 is 5.54 Å². The van der Waals surface area contributed by atoms with Crippen molar-refractivity contribution in [2.75, 3.05) is 0 Å². The van der Waals surface area contributed by atoms with E-state index in [4.69, 9.17) is 0 Å². The number of allylic oxidation sites excluding steroid dienone is 1. The molecule has 114 valence electrons. The van der Waals surface area contributed by atoms with Gasteiger partial charge in [-0.2, -0.15) is 0 Å². The van der Waals surface area contributed by atoms with Crippen molar-refractivity contribution in [3.05, 3.63) is 47.5 Å². The first-order valence-corrected chi connectivity index (χ1v) is 7.14. The summed E-state index contributed by atoms with van der Waals surface area (Å²) in [7, 11) is 0. The molecule has 0 aliphatic rings. The Balaban J connectivity index is 3.01. The normalized spacial score (nSPS) is 11.5. The molecule has 0 radical (unpaired) electrons. The summed E-state index contributed by atoms with van der Waals surface area (Å²) in [5, 5.41) is 1.38. The largest absolute Gasteiger partial charge is 0.272 e. The molecule has 4 heteroatoms. The second kappa shape index (κ2) is 7.07. The van der Waals surface area contributed by atoms with Gasteiger partial charge >= 0.3 is 0 Å². The van der Waals surface area contributed by atoms with Crippen molar-refractivity contribution in [2.24, 2.45) is 0 Å². The minimum Gasteiger partial charge on any atom is -0.268 e. The average molecular weight is 288 g/mol. The quantitative estimate of drug-likeness (QED) is 0.685. The van der Waals surface area contributed by atoms with Gasteiger partial charge in [0.2, 0.25) is 0 Å². The Morgan fingerprint density at radius 3 is 2.48 bits per heavy atom. The van der Waals surface area contributed by atoms with Gasteiger partial charge < -0.3 is 0 Å². The van der Waals surface area contributed by atoms with Crippen molar-refractivity contribution in [1.82, 2.24) is 10.4 Å². The molecule has 0 saturated carbocycles. The molecule has 0 saturated heterocycles. The highest BCUT2D eigenvalue weighted by Gasteiger charge is 2.28. The third-order valence-corrected chi connectivity index (χ3v) is 2.87. The van der Waals surface area contributed by atoms with Crippen LogP contribution in [0.5, 0.6) is 0 Å². The zero-order chi connectivity index (χ0) is 16.0. The van der Waals surface area contributed by atoms with Crippen LogP contribution in [0.15, 0.2) is 36.4 Å². The lowest BCUT2D eigenvalue weighted by atomic mass is 10.1. The van der Waals surface area contributed by atoms with Crippen molar-refractivity contribution in [3.8, 4) is 0 Å². The number of aryl methyl sites for hydroxylation is 1. The van der Waals surface area contributed by atoms with Crippen molar-refractivity contribution >= 4 is 11.8 Å². The predicted octanol–water partition coefficient (Wildman–Crippen LogP) is 3.23. The molecule has 1 aromatic rings. The van der Waals surface area contributed by atoms with Crippen LogP contribution >= 0.6 is 0 Å². The van der Waals surface area contributed by atoms with Crippen molar-refractivity contribution < 1.29 is 9.59 Å². The summed E-state index contributed by atoms with van der Waals surface area (Å²) in [5.74, 6) is -0.516. The van der Waals surface area contributed by atoms with E-state index in [2.05, 4.69) is 5.43 Å². The van der Waals surface area contributed by atoms with E-state index in [1.807, 2.05) is 52.8 Å². The van der Waals surface area contributed by atoms with E-state index in [-0.39, 0.29) is 11.8 Å². The minimum absolute atomic E-state index is 0.218. The fraction of sp³-hybridized carbons (Fsp3) is 0.412. The van der Waals surface area contributed by atoms with Crippen LogP contribution in [-0.4, -0.2) is 22.4 Å². The molecule has 2 amide bonds. The Hall–Kier alpha value is -2.10. The maximum absolute atomic E-state index is 12.6. The first-order chi connectivity index (χ1) is 9.75. The molecular weight excluding hydrogens is 264 g/mol. The van der Waals surface area contributed by atoms with Crippen LogP contribution in [0.25, 0.3) is 0 Å². The van der Waals surface area contributed by atoms with Gasteiger partial charge in [0, 0.05) is 11.6 Å². The molecule has 1 aromatic carbocycles. The summed E-state index contributed by atoms with van der Waals surface area (Å²) >= 11 is 0. The molecule has 0 unspecified atom stereocenters. The molecule has 1 rings (SSSR count). The molecule has 21 heavy (non-hydrogen) atoms. The summed E-state index contributed by atoms with van der Waals surface area (Å²) in [5.41, 5.74) is 3.72. The topological polar surface area (TPSA) is 49.4 Å². The molecule has 0 aliphatic heterocycles. The summed E-state index contributed by atoms with van der Waals surface area (Å²) in [6, 6.07) is 7.33. The van der Waals surface area contributed by atoms with Crippen LogP contribution in [0.2, 0.25) is 0 Å². The number of benzene rings is 1. The van der Waals surface area contributed by atoms with E-state index in [1.165, 1.54) is 11.1 Å². The highest BCUT2D eigenvalue weighted by atomic mass is 16.2. The van der Waals surface area contributed by atoms with Crippen LogP contribution in [0.1, 0.15) is 50.0 Å². The highest BCUT2D eigenvalue weighted by Crippen LogP contribution is 2.16. The monoisotopic (exact) mass is 288 g/mol. The summed E-state index contributed by atoms with van der Waals surface area (Å²) in [4.78, 5) is 24.5. The number of nitrogens with zero attached hydrogens (tertiary/aromatic N) is 1. The molecule has 0 bridgehead atoms. The number of carbonyl (C=O) groups excluding carboxylic acids is 2. The molecule has 0 fully saturated rings. The van der Waals surface area contributed by atoms with Gasteiger partial charge in [-0.1, -0.05) is 30.7 Å². The summed E-state index contributed by atoms with van der Waals surface area (Å²) in [6.07, 6.45) is 3.98. The molecule has 0 aliphatic carbocycles. The van der Waals surface area contributed by atoms with Gasteiger partial charge in [0.1, 0.15) is 0 Å². The number of hydrogen-bond donors (Lipinski definition) is 1. The van der Waals surface area contributed by atoms with E-state index in [9.17, 15) is 9.59 Å². The Labute approximate surface area is 126 Å². The van der Waals surface area contributed by atoms with Gasteiger partial charge in [-0.05, 0) is 46.2 Å². The first kappa shape index (κ1) is 17.0. The lowest BCUT2D eigenvalue weighted by Crippen LogP contribution is -2.55. The zero-order valence-corrected chi connectivity index (χ0v) is 13.4. The number of hydrogen-bond acceptors (Lipinski definition) is 2. The molecule has 0 atom stereocenters. The second-order valence-electron chi connectivity index (χ2n) is 5.97. The van der Waals surface area contributed by atoms with E-state index >= 15 is 0 Å². The second-order valence-corrected chi connectivity index (χ2v) is 5.97. The summed E-state index contributed by atoms with van der Waals surface area (Å²) in [6.45, 7) is 9.52. The fourth-order valence-corrected chi connectivity index (χ4v) is 1.80. The number of rotatable bonds is 3. The highest BCUT2D eigenvalue weighted by molar-refractivity contribution is 5.97. The fourth-order valence-electron chi connectivity index (χ4n) is 1.80. The van der Waals surface area contributed by atoms with Crippen LogP contribution in [0, 0.1) is 6.92 Å². The molecule has 0 aromatic heterocycles. The van der Waals surface area contributed by atoms with Gasteiger partial charge in [-0.15, -0.1) is 0 Å². The molecule has 0 heterocycles. The lowest BCUT2D eigenvalue weighted by Gasteiger charge is -2.35. The maximum Gasteiger partial charge on any atom is 0.272 e. The molecule has 1 N–H and O–H groups in total. The van der Waals surface area contributed by atoms with E-state index in [1.54, 1.807) is 12.1 Å². The molecule has 4 nitrogen and oxygen atoms in total. The Kier molecular flexibility index (Phi) is 5.70. The molecule has 0 spiro atoms. The zero-order valence-electron chi connectivity index (χ0n) is 13.4. The van der Waals surface area contributed by atoms with Crippen LogP contribution in [0.3, 0.4) is 0 Å². The first-order valence-electron chi connectivity index (χ1n) is 7.14. The summed E-state index contributed by atoms with van der Waals surface area (Å²) < 4.78 is 0. The third kappa shape index (κ3) is 5.06. The SMILES string of the molecule is CCC=CC(=O)NN(C(=O)c1cccc(C)c1)C(C)(C)C. The van der Waals surface area contributed by atoms with Gasteiger partial charge in [0.25, 0.3) is 11.8 Å². The Bertz CT molecular complexity index is 542. The predicted molar refractivity (Wildman–Crippen MR) is 84.7 cm³/mol. The van der Waals surface area contributed by atoms with Crippen LogP contribution < -0.4 is 5.43 Å². The number of hydrazine groups is 1. The Morgan fingerprint density at radius 2 is 1.95 bits per heavy atom.